The Morgan fingerprint density at radius 1 is 0.769 bits per heavy atom. The van der Waals surface area contributed by atoms with Crippen LogP contribution in [0.1, 0.15) is 65.0 Å². The smallest absolute Gasteiger partial charge is 0.122 e. The van der Waals surface area contributed by atoms with Gasteiger partial charge in [-0.1, -0.05) is 47.0 Å². The number of hydrogen-bond donors (Lipinski definition) is 2. The Balaban J connectivity index is 2.32. The van der Waals surface area contributed by atoms with E-state index >= 15 is 0 Å². The molecule has 3 rings (SSSR count). The van der Waals surface area contributed by atoms with Crippen LogP contribution in [0.25, 0.3) is 0 Å². The number of rotatable bonds is 3. The van der Waals surface area contributed by atoms with E-state index < -0.39 is 0 Å². The molecule has 0 aliphatic heterocycles. The second-order valence-electron chi connectivity index (χ2n) is 7.61. The van der Waals surface area contributed by atoms with E-state index in [0.717, 1.165) is 69.7 Å². The van der Waals surface area contributed by atoms with Crippen LogP contribution in [0.4, 0.5) is 0 Å². The second kappa shape index (κ2) is 7.36. The van der Waals surface area contributed by atoms with E-state index in [4.69, 9.17) is 11.6 Å². The van der Waals surface area contributed by atoms with E-state index in [1.807, 2.05) is 52.0 Å². The Morgan fingerprint density at radius 2 is 1.23 bits per heavy atom. The summed E-state index contributed by atoms with van der Waals surface area (Å²) in [6.45, 7) is 7.90. The molecule has 26 heavy (non-hydrogen) atoms. The van der Waals surface area contributed by atoms with Gasteiger partial charge in [-0.15, -0.1) is 0 Å². The van der Waals surface area contributed by atoms with Crippen LogP contribution in [-0.4, -0.2) is 10.2 Å². The standard InChI is InChI=1S/C23H27ClO2/c1-13-9-15(3)22(25)18(11-13)21(17-7-5-6-8-20(17)24)19-12-14(2)10-16(4)23(19)26/h9-12,21,25-26H,5-8H2,1-4H3. The van der Waals surface area contributed by atoms with Crippen molar-refractivity contribution in [3.05, 3.63) is 68.3 Å². The van der Waals surface area contributed by atoms with Crippen LogP contribution >= 0.6 is 11.6 Å². The summed E-state index contributed by atoms with van der Waals surface area (Å²) in [5, 5.41) is 22.6. The summed E-state index contributed by atoms with van der Waals surface area (Å²) in [5.41, 5.74) is 6.67. The molecule has 2 nitrogen and oxygen atoms in total. The second-order valence-corrected chi connectivity index (χ2v) is 8.07. The van der Waals surface area contributed by atoms with Crippen LogP contribution in [-0.2, 0) is 0 Å². The number of aromatic hydroxyl groups is 2. The quantitative estimate of drug-likeness (QED) is 0.644. The highest BCUT2D eigenvalue weighted by molar-refractivity contribution is 6.30. The highest BCUT2D eigenvalue weighted by atomic mass is 35.5. The summed E-state index contributed by atoms with van der Waals surface area (Å²) >= 11 is 6.66. The Kier molecular flexibility index (Phi) is 5.34. The Morgan fingerprint density at radius 3 is 1.69 bits per heavy atom. The van der Waals surface area contributed by atoms with Crippen LogP contribution in [0.15, 0.2) is 34.9 Å². The van der Waals surface area contributed by atoms with Crippen LogP contribution < -0.4 is 0 Å². The first-order valence-corrected chi connectivity index (χ1v) is 9.65. The Labute approximate surface area is 161 Å². The molecule has 138 valence electrons. The molecule has 0 heterocycles. The van der Waals surface area contributed by atoms with E-state index in [1.165, 1.54) is 0 Å². The summed E-state index contributed by atoms with van der Waals surface area (Å²) in [7, 11) is 0. The fourth-order valence-corrected chi connectivity index (χ4v) is 4.50. The number of aryl methyl sites for hydroxylation is 4. The predicted molar refractivity (Wildman–Crippen MR) is 108 cm³/mol. The molecule has 0 fully saturated rings. The molecule has 0 bridgehead atoms. The molecule has 0 spiro atoms. The number of phenols is 2. The maximum Gasteiger partial charge on any atom is 0.122 e. The van der Waals surface area contributed by atoms with E-state index in [-0.39, 0.29) is 5.92 Å². The summed E-state index contributed by atoms with van der Waals surface area (Å²) in [6, 6.07) is 8.01. The van der Waals surface area contributed by atoms with Gasteiger partial charge in [0.05, 0.1) is 0 Å². The fraction of sp³-hybridized carbons (Fsp3) is 0.391. The third-order valence-corrected chi connectivity index (χ3v) is 5.79. The zero-order chi connectivity index (χ0) is 19.0. The van der Waals surface area contributed by atoms with E-state index in [1.54, 1.807) is 0 Å². The summed E-state index contributed by atoms with van der Waals surface area (Å²) in [6.07, 6.45) is 3.93. The van der Waals surface area contributed by atoms with Crippen molar-refractivity contribution in [1.82, 2.24) is 0 Å². The summed E-state index contributed by atoms with van der Waals surface area (Å²) in [4.78, 5) is 0. The van der Waals surface area contributed by atoms with Gasteiger partial charge in [0.15, 0.2) is 0 Å². The Hall–Kier alpha value is -1.93. The molecule has 2 aromatic rings. The molecular weight excluding hydrogens is 344 g/mol. The highest BCUT2D eigenvalue weighted by Gasteiger charge is 2.29. The average molecular weight is 371 g/mol. The highest BCUT2D eigenvalue weighted by Crippen LogP contribution is 2.47. The van der Waals surface area contributed by atoms with Gasteiger partial charge in [-0.05, 0) is 70.1 Å². The van der Waals surface area contributed by atoms with Crippen LogP contribution in [0.3, 0.4) is 0 Å². The van der Waals surface area contributed by atoms with Crippen molar-refractivity contribution in [1.29, 1.82) is 0 Å². The maximum atomic E-state index is 10.9. The number of benzene rings is 2. The molecule has 0 aromatic heterocycles. The molecule has 0 radical (unpaired) electrons. The zero-order valence-electron chi connectivity index (χ0n) is 16.0. The number of hydrogen-bond acceptors (Lipinski definition) is 2. The number of halogens is 1. The van der Waals surface area contributed by atoms with Gasteiger partial charge in [-0.25, -0.2) is 0 Å². The minimum Gasteiger partial charge on any atom is -0.507 e. The molecule has 0 amide bonds. The lowest BCUT2D eigenvalue weighted by Gasteiger charge is -2.28. The summed E-state index contributed by atoms with van der Waals surface area (Å²) < 4.78 is 0. The fourth-order valence-electron chi connectivity index (χ4n) is 4.16. The van der Waals surface area contributed by atoms with Crippen LogP contribution in [0.5, 0.6) is 11.5 Å². The third-order valence-electron chi connectivity index (χ3n) is 5.36. The first-order valence-electron chi connectivity index (χ1n) is 9.27. The lowest BCUT2D eigenvalue weighted by molar-refractivity contribution is 0.451. The van der Waals surface area contributed by atoms with Crippen molar-refractivity contribution in [3.63, 3.8) is 0 Å². The molecule has 0 saturated carbocycles. The average Bonchev–Trinajstić information content (AvgIpc) is 2.58. The van der Waals surface area contributed by atoms with Gasteiger partial charge in [0.2, 0.25) is 0 Å². The van der Waals surface area contributed by atoms with Crippen molar-refractivity contribution in [3.8, 4) is 11.5 Å². The summed E-state index contributed by atoms with van der Waals surface area (Å²) in [5.74, 6) is 0.364. The lowest BCUT2D eigenvalue weighted by Crippen LogP contribution is -2.11. The largest absolute Gasteiger partial charge is 0.507 e. The topological polar surface area (TPSA) is 40.5 Å². The van der Waals surface area contributed by atoms with Crippen molar-refractivity contribution in [2.45, 2.75) is 59.3 Å². The molecule has 0 saturated heterocycles. The first kappa shape index (κ1) is 18.8. The predicted octanol–water partition coefficient (Wildman–Crippen LogP) is 6.53. The molecule has 2 aromatic carbocycles. The molecule has 1 aliphatic carbocycles. The van der Waals surface area contributed by atoms with Gasteiger partial charge in [-0.2, -0.15) is 0 Å². The van der Waals surface area contributed by atoms with Gasteiger partial charge in [0.25, 0.3) is 0 Å². The van der Waals surface area contributed by atoms with Crippen molar-refractivity contribution in [2.75, 3.05) is 0 Å². The first-order chi connectivity index (χ1) is 12.3. The van der Waals surface area contributed by atoms with E-state index in [2.05, 4.69) is 0 Å². The third kappa shape index (κ3) is 3.48. The molecule has 0 unspecified atom stereocenters. The Bertz CT molecular complexity index is 823. The van der Waals surface area contributed by atoms with E-state index in [0.29, 0.717) is 11.5 Å². The van der Waals surface area contributed by atoms with Gasteiger partial charge in [-0.3, -0.25) is 0 Å². The number of phenolic OH excluding ortho intramolecular Hbond substituents is 2. The zero-order valence-corrected chi connectivity index (χ0v) is 16.7. The van der Waals surface area contributed by atoms with Crippen LogP contribution in [0, 0.1) is 27.7 Å². The monoisotopic (exact) mass is 370 g/mol. The normalized spacial score (nSPS) is 15.0. The SMILES string of the molecule is Cc1cc(C)c(O)c(C(C2=C(Cl)CCCC2)c2cc(C)cc(C)c2O)c1. The van der Waals surface area contributed by atoms with Crippen molar-refractivity contribution < 1.29 is 10.2 Å². The van der Waals surface area contributed by atoms with Gasteiger partial charge in [0, 0.05) is 22.1 Å². The number of allylic oxidation sites excluding steroid dienone is 2. The van der Waals surface area contributed by atoms with Gasteiger partial charge < -0.3 is 10.2 Å². The van der Waals surface area contributed by atoms with E-state index in [9.17, 15) is 10.2 Å². The molecule has 0 atom stereocenters. The maximum absolute atomic E-state index is 10.9. The van der Waals surface area contributed by atoms with Crippen molar-refractivity contribution in [2.24, 2.45) is 0 Å². The minimum absolute atomic E-state index is 0.222. The minimum atomic E-state index is -0.222. The lowest BCUT2D eigenvalue weighted by atomic mass is 9.77. The molecule has 1 aliphatic rings. The van der Waals surface area contributed by atoms with Crippen LogP contribution in [0.2, 0.25) is 0 Å². The van der Waals surface area contributed by atoms with Gasteiger partial charge >= 0.3 is 0 Å². The molecule has 3 heteroatoms. The van der Waals surface area contributed by atoms with Gasteiger partial charge in [0.1, 0.15) is 11.5 Å². The molecular formula is C23H27ClO2. The molecule has 2 N–H and O–H groups in total. The van der Waals surface area contributed by atoms with Crippen molar-refractivity contribution >= 4 is 11.6 Å².